The van der Waals surface area contributed by atoms with Crippen LogP contribution in [-0.4, -0.2) is 10.2 Å². The second kappa shape index (κ2) is 5.74. The van der Waals surface area contributed by atoms with Crippen molar-refractivity contribution in [2.75, 3.05) is 0 Å². The number of benzene rings is 4. The molecule has 2 N–H and O–H groups in total. The molecule has 0 radical (unpaired) electrons. The molecule has 4 rings (SSSR count). The number of rotatable bonds is 2. The van der Waals surface area contributed by atoms with Crippen molar-refractivity contribution in [3.05, 3.63) is 84.9 Å². The van der Waals surface area contributed by atoms with E-state index in [1.54, 1.807) is 18.2 Å². The number of phenolic OH excluding ortho intramolecular Hbond substituents is 2. The van der Waals surface area contributed by atoms with Gasteiger partial charge in [0, 0.05) is 5.56 Å². The van der Waals surface area contributed by atoms with E-state index in [4.69, 9.17) is 0 Å². The molecule has 0 amide bonds. The Balaban J connectivity index is 2.04. The van der Waals surface area contributed by atoms with E-state index in [2.05, 4.69) is 0 Å². The summed E-state index contributed by atoms with van der Waals surface area (Å²) in [6, 6.07) is 26.8. The van der Waals surface area contributed by atoms with Crippen molar-refractivity contribution in [1.82, 2.24) is 0 Å². The Morgan fingerprint density at radius 1 is 0.583 bits per heavy atom. The third kappa shape index (κ3) is 2.38. The molecule has 0 aliphatic carbocycles. The fourth-order valence-electron chi connectivity index (χ4n) is 3.17. The van der Waals surface area contributed by atoms with Gasteiger partial charge in [0.1, 0.15) is 11.5 Å². The Labute approximate surface area is 140 Å². The number of hydrogen-bond acceptors (Lipinski definition) is 2. The lowest BCUT2D eigenvalue weighted by molar-refractivity contribution is 0.475. The molecule has 0 spiro atoms. The summed E-state index contributed by atoms with van der Waals surface area (Å²) in [5.74, 6) is 0.478. The lowest BCUT2D eigenvalue weighted by atomic mass is 9.91. The van der Waals surface area contributed by atoms with E-state index < -0.39 is 0 Å². The summed E-state index contributed by atoms with van der Waals surface area (Å²) >= 11 is 0. The molecule has 0 aliphatic rings. The zero-order valence-electron chi connectivity index (χ0n) is 13.0. The normalized spacial score (nSPS) is 10.8. The van der Waals surface area contributed by atoms with Crippen LogP contribution in [0.3, 0.4) is 0 Å². The van der Waals surface area contributed by atoms with Crippen molar-refractivity contribution in [3.8, 4) is 33.8 Å². The van der Waals surface area contributed by atoms with Gasteiger partial charge in [-0.3, -0.25) is 0 Å². The average Bonchev–Trinajstić information content (AvgIpc) is 2.62. The molecular weight excluding hydrogens is 296 g/mol. The fraction of sp³-hybridized carbons (Fsp3) is 0. The van der Waals surface area contributed by atoms with Gasteiger partial charge in [-0.05, 0) is 45.7 Å². The summed E-state index contributed by atoms with van der Waals surface area (Å²) in [6.45, 7) is 0. The van der Waals surface area contributed by atoms with Crippen LogP contribution >= 0.6 is 0 Å². The first-order valence-corrected chi connectivity index (χ1v) is 7.83. The van der Waals surface area contributed by atoms with Gasteiger partial charge < -0.3 is 10.2 Å². The minimum Gasteiger partial charge on any atom is -0.508 e. The largest absolute Gasteiger partial charge is 0.508 e. The monoisotopic (exact) mass is 312 g/mol. The highest BCUT2D eigenvalue weighted by Crippen LogP contribution is 2.41. The van der Waals surface area contributed by atoms with Crippen LogP contribution in [0.15, 0.2) is 84.9 Å². The number of fused-ring (bicyclic) bond motifs is 1. The molecule has 4 aromatic carbocycles. The summed E-state index contributed by atoms with van der Waals surface area (Å²) in [7, 11) is 0. The summed E-state index contributed by atoms with van der Waals surface area (Å²) < 4.78 is 0. The third-order valence-corrected chi connectivity index (χ3v) is 4.26. The van der Waals surface area contributed by atoms with Gasteiger partial charge in [0.05, 0.1) is 0 Å². The van der Waals surface area contributed by atoms with E-state index in [-0.39, 0.29) is 11.5 Å². The van der Waals surface area contributed by atoms with Crippen molar-refractivity contribution in [1.29, 1.82) is 0 Å². The minimum atomic E-state index is 0.226. The van der Waals surface area contributed by atoms with E-state index in [9.17, 15) is 10.2 Å². The van der Waals surface area contributed by atoms with Crippen LogP contribution in [0.25, 0.3) is 33.0 Å². The van der Waals surface area contributed by atoms with Gasteiger partial charge in [0.25, 0.3) is 0 Å². The highest BCUT2D eigenvalue weighted by Gasteiger charge is 2.14. The van der Waals surface area contributed by atoms with Crippen molar-refractivity contribution in [2.45, 2.75) is 0 Å². The molecule has 0 saturated heterocycles. The summed E-state index contributed by atoms with van der Waals surface area (Å²) in [4.78, 5) is 0. The van der Waals surface area contributed by atoms with Crippen LogP contribution in [0.2, 0.25) is 0 Å². The Hall–Kier alpha value is -3.26. The van der Waals surface area contributed by atoms with Gasteiger partial charge in [0.2, 0.25) is 0 Å². The zero-order chi connectivity index (χ0) is 16.5. The van der Waals surface area contributed by atoms with Crippen LogP contribution in [0.1, 0.15) is 0 Å². The molecule has 0 unspecified atom stereocenters. The number of hydrogen-bond donors (Lipinski definition) is 2. The average molecular weight is 312 g/mol. The maximum atomic E-state index is 10.5. The summed E-state index contributed by atoms with van der Waals surface area (Å²) in [5.41, 5.74) is 3.64. The Morgan fingerprint density at radius 3 is 2.17 bits per heavy atom. The maximum absolute atomic E-state index is 10.5. The van der Waals surface area contributed by atoms with E-state index in [0.717, 1.165) is 33.0 Å². The smallest absolute Gasteiger partial charge is 0.124 e. The quantitative estimate of drug-likeness (QED) is 0.507. The number of phenols is 2. The van der Waals surface area contributed by atoms with Crippen LogP contribution in [0.5, 0.6) is 11.5 Å². The second-order valence-electron chi connectivity index (χ2n) is 5.78. The molecule has 0 fully saturated rings. The molecule has 0 aliphatic heterocycles. The molecule has 4 aromatic rings. The van der Waals surface area contributed by atoms with Gasteiger partial charge in [-0.15, -0.1) is 0 Å². The van der Waals surface area contributed by atoms with Crippen LogP contribution in [0.4, 0.5) is 0 Å². The van der Waals surface area contributed by atoms with Gasteiger partial charge in [-0.1, -0.05) is 66.7 Å². The molecular formula is C22H16O2. The lowest BCUT2D eigenvalue weighted by Gasteiger charge is -2.14. The van der Waals surface area contributed by atoms with Crippen LogP contribution < -0.4 is 0 Å². The van der Waals surface area contributed by atoms with Crippen molar-refractivity contribution in [3.63, 3.8) is 0 Å². The highest BCUT2D eigenvalue weighted by atomic mass is 16.3. The molecule has 0 atom stereocenters. The highest BCUT2D eigenvalue weighted by molar-refractivity contribution is 6.03. The van der Waals surface area contributed by atoms with Gasteiger partial charge in [-0.2, -0.15) is 0 Å². The first-order valence-electron chi connectivity index (χ1n) is 7.83. The third-order valence-electron chi connectivity index (χ3n) is 4.26. The Kier molecular flexibility index (Phi) is 3.43. The SMILES string of the molecule is Oc1cccc(-c2ccccc2-c2c(O)ccc3ccccc23)c1. The predicted molar refractivity (Wildman–Crippen MR) is 98.1 cm³/mol. The zero-order valence-corrected chi connectivity index (χ0v) is 13.0. The summed E-state index contributed by atoms with van der Waals surface area (Å²) in [6.07, 6.45) is 0. The van der Waals surface area contributed by atoms with Gasteiger partial charge in [-0.25, -0.2) is 0 Å². The maximum Gasteiger partial charge on any atom is 0.124 e. The minimum absolute atomic E-state index is 0.226. The second-order valence-corrected chi connectivity index (χ2v) is 5.78. The molecule has 2 nitrogen and oxygen atoms in total. The van der Waals surface area contributed by atoms with E-state index in [0.29, 0.717) is 0 Å². The summed E-state index contributed by atoms with van der Waals surface area (Å²) in [5, 5.41) is 22.4. The van der Waals surface area contributed by atoms with Crippen LogP contribution in [-0.2, 0) is 0 Å². The molecule has 116 valence electrons. The van der Waals surface area contributed by atoms with Crippen molar-refractivity contribution < 1.29 is 10.2 Å². The van der Waals surface area contributed by atoms with E-state index in [1.807, 2.05) is 66.7 Å². The standard InChI is InChI=1S/C22H16O2/c23-17-8-5-7-16(14-17)18-9-3-4-11-20(18)22-19-10-2-1-6-15(19)12-13-21(22)24/h1-14,23-24H. The molecule has 24 heavy (non-hydrogen) atoms. The van der Waals surface area contributed by atoms with Crippen LogP contribution in [0, 0.1) is 0 Å². The molecule has 0 aromatic heterocycles. The van der Waals surface area contributed by atoms with E-state index in [1.165, 1.54) is 0 Å². The molecule has 0 heterocycles. The lowest BCUT2D eigenvalue weighted by Crippen LogP contribution is -1.87. The first kappa shape index (κ1) is 14.3. The Bertz CT molecular complexity index is 1030. The molecule has 2 heteroatoms. The van der Waals surface area contributed by atoms with E-state index >= 15 is 0 Å². The predicted octanol–water partition coefficient (Wildman–Crippen LogP) is 5.59. The molecule has 0 bridgehead atoms. The molecule has 0 saturated carbocycles. The Morgan fingerprint density at radius 2 is 1.33 bits per heavy atom. The van der Waals surface area contributed by atoms with Crippen molar-refractivity contribution >= 4 is 10.8 Å². The van der Waals surface area contributed by atoms with Gasteiger partial charge in [0.15, 0.2) is 0 Å². The van der Waals surface area contributed by atoms with Gasteiger partial charge >= 0.3 is 0 Å². The first-order chi connectivity index (χ1) is 11.7. The van der Waals surface area contributed by atoms with Crippen molar-refractivity contribution in [2.24, 2.45) is 0 Å². The topological polar surface area (TPSA) is 40.5 Å². The fourth-order valence-corrected chi connectivity index (χ4v) is 3.17. The number of aromatic hydroxyl groups is 2.